The number of benzene rings is 1. The molecule has 1 aromatic rings. The second-order valence-corrected chi connectivity index (χ2v) is 7.82. The van der Waals surface area contributed by atoms with Crippen LogP contribution < -0.4 is 9.47 Å². The van der Waals surface area contributed by atoms with Gasteiger partial charge < -0.3 is 19.5 Å². The fraction of sp³-hybridized carbons (Fsp3) is 0.619. The average Bonchev–Trinajstić information content (AvgIpc) is 3.23. The monoisotopic (exact) mass is 426 g/mol. The van der Waals surface area contributed by atoms with Gasteiger partial charge in [0, 0.05) is 26.2 Å². The molecular weight excluding hydrogens is 396 g/mol. The van der Waals surface area contributed by atoms with Gasteiger partial charge in [-0.15, -0.1) is 12.4 Å². The second kappa shape index (κ2) is 9.67. The molecule has 0 unspecified atom stereocenters. The third kappa shape index (κ3) is 4.61. The summed E-state index contributed by atoms with van der Waals surface area (Å²) < 4.78 is 10.6. The molecule has 7 nitrogen and oxygen atoms in total. The van der Waals surface area contributed by atoms with Crippen molar-refractivity contribution in [1.82, 2.24) is 9.80 Å². The Balaban J connectivity index is 0.00000300. The Hall–Kier alpha value is -1.99. The van der Waals surface area contributed by atoms with Crippen LogP contribution in [0.25, 0.3) is 0 Å². The highest BCUT2D eigenvalue weighted by Crippen LogP contribution is 2.48. The van der Waals surface area contributed by atoms with E-state index in [2.05, 4.69) is 0 Å². The molecule has 1 saturated carbocycles. The number of hydrogen-bond donors (Lipinski definition) is 1. The molecule has 1 N–H and O–H groups in total. The fourth-order valence-corrected chi connectivity index (χ4v) is 4.73. The molecule has 1 aromatic carbocycles. The lowest BCUT2D eigenvalue weighted by Gasteiger charge is -2.26. The number of hydrogen-bond acceptors (Lipinski definition) is 5. The molecule has 3 rings (SSSR count). The number of methoxy groups -OCH3 is 2. The van der Waals surface area contributed by atoms with E-state index in [9.17, 15) is 14.7 Å². The number of ether oxygens (including phenoxy) is 2. The number of carboxylic acids is 1. The molecule has 29 heavy (non-hydrogen) atoms. The highest BCUT2D eigenvalue weighted by atomic mass is 35.5. The summed E-state index contributed by atoms with van der Waals surface area (Å²) in [6.07, 6.45) is 2.64. The van der Waals surface area contributed by atoms with Crippen molar-refractivity contribution in [3.8, 4) is 11.5 Å². The number of aliphatic carboxylic acids is 1. The van der Waals surface area contributed by atoms with Crippen molar-refractivity contribution in [2.75, 3.05) is 40.4 Å². The van der Waals surface area contributed by atoms with Crippen molar-refractivity contribution in [3.05, 3.63) is 23.8 Å². The molecule has 0 bridgehead atoms. The first-order valence-corrected chi connectivity index (χ1v) is 9.88. The number of likely N-dealkylation sites (N-methyl/N-ethyl adjacent to an activating group) is 1. The first kappa shape index (κ1) is 23.3. The van der Waals surface area contributed by atoms with Crippen LogP contribution in [0, 0.1) is 11.3 Å². The van der Waals surface area contributed by atoms with E-state index in [0.717, 1.165) is 24.8 Å². The predicted octanol–water partition coefficient (Wildman–Crippen LogP) is 2.66. The molecule has 0 radical (unpaired) electrons. The predicted molar refractivity (Wildman–Crippen MR) is 112 cm³/mol. The van der Waals surface area contributed by atoms with Gasteiger partial charge in [-0.2, -0.15) is 0 Å². The lowest BCUT2D eigenvalue weighted by atomic mass is 9.81. The highest BCUT2D eigenvalue weighted by Gasteiger charge is 2.54. The van der Waals surface area contributed by atoms with Gasteiger partial charge in [0.25, 0.3) is 0 Å². The summed E-state index contributed by atoms with van der Waals surface area (Å²) in [6, 6.07) is 5.65. The van der Waals surface area contributed by atoms with E-state index < -0.39 is 11.4 Å². The Morgan fingerprint density at radius 2 is 2.00 bits per heavy atom. The van der Waals surface area contributed by atoms with Gasteiger partial charge in [-0.1, -0.05) is 12.5 Å². The number of nitrogens with zero attached hydrogens (tertiary/aromatic N) is 2. The third-order valence-electron chi connectivity index (χ3n) is 6.28. The van der Waals surface area contributed by atoms with Gasteiger partial charge in [0.15, 0.2) is 11.5 Å². The smallest absolute Gasteiger partial charge is 0.311 e. The number of rotatable bonds is 8. The van der Waals surface area contributed by atoms with Crippen LogP contribution in [0.2, 0.25) is 0 Å². The minimum absolute atomic E-state index is 0. The van der Waals surface area contributed by atoms with E-state index >= 15 is 0 Å². The van der Waals surface area contributed by atoms with Gasteiger partial charge in [0.1, 0.15) is 0 Å². The van der Waals surface area contributed by atoms with Gasteiger partial charge in [0.05, 0.1) is 26.2 Å². The summed E-state index contributed by atoms with van der Waals surface area (Å²) in [6.45, 7) is 4.48. The normalized spacial score (nSPS) is 23.2. The summed E-state index contributed by atoms with van der Waals surface area (Å²) in [7, 11) is 3.18. The van der Waals surface area contributed by atoms with Crippen LogP contribution >= 0.6 is 12.4 Å². The van der Waals surface area contributed by atoms with Crippen molar-refractivity contribution < 1.29 is 24.2 Å². The molecule has 1 amide bonds. The topological polar surface area (TPSA) is 79.3 Å². The van der Waals surface area contributed by atoms with Crippen LogP contribution in [-0.4, -0.2) is 67.2 Å². The molecule has 162 valence electrons. The highest BCUT2D eigenvalue weighted by molar-refractivity contribution is 5.85. The van der Waals surface area contributed by atoms with E-state index in [4.69, 9.17) is 9.47 Å². The van der Waals surface area contributed by atoms with Gasteiger partial charge in [0.2, 0.25) is 5.91 Å². The molecule has 2 atom stereocenters. The maximum atomic E-state index is 12.9. The van der Waals surface area contributed by atoms with E-state index in [0.29, 0.717) is 37.7 Å². The van der Waals surface area contributed by atoms with Gasteiger partial charge in [-0.25, -0.2) is 0 Å². The second-order valence-electron chi connectivity index (χ2n) is 7.82. The van der Waals surface area contributed by atoms with E-state index in [1.807, 2.05) is 30.0 Å². The zero-order valence-electron chi connectivity index (χ0n) is 17.3. The van der Waals surface area contributed by atoms with E-state index in [1.165, 1.54) is 0 Å². The third-order valence-corrected chi connectivity index (χ3v) is 6.28. The number of halogens is 1. The Labute approximate surface area is 178 Å². The lowest BCUT2D eigenvalue weighted by molar-refractivity contribution is -0.149. The molecule has 0 aromatic heterocycles. The zero-order chi connectivity index (χ0) is 20.3. The SMILES string of the molecule is CCN(Cc1ccc(OC)c(OC)c1)C(=O)CN1C[C@@H]2CCC[C@@]2(C(=O)O)C1.Cl. The van der Waals surface area contributed by atoms with Crippen LogP contribution in [0.3, 0.4) is 0 Å². The number of fused-ring (bicyclic) bond motifs is 1. The first-order valence-electron chi connectivity index (χ1n) is 9.88. The van der Waals surface area contributed by atoms with Crippen molar-refractivity contribution in [2.45, 2.75) is 32.7 Å². The Kier molecular flexibility index (Phi) is 7.77. The maximum Gasteiger partial charge on any atom is 0.311 e. The quantitative estimate of drug-likeness (QED) is 0.688. The summed E-state index contributed by atoms with van der Waals surface area (Å²) >= 11 is 0. The molecular formula is C21H31ClN2O5. The Morgan fingerprint density at radius 3 is 2.59 bits per heavy atom. The summed E-state index contributed by atoms with van der Waals surface area (Å²) in [5, 5.41) is 9.72. The molecule has 2 aliphatic rings. The Bertz CT molecular complexity index is 744. The number of carbonyl (C=O) groups is 2. The van der Waals surface area contributed by atoms with E-state index in [1.54, 1.807) is 19.1 Å². The van der Waals surface area contributed by atoms with Crippen LogP contribution in [-0.2, 0) is 16.1 Å². The van der Waals surface area contributed by atoms with Crippen molar-refractivity contribution in [2.24, 2.45) is 11.3 Å². The minimum atomic E-state index is -0.706. The van der Waals surface area contributed by atoms with Crippen molar-refractivity contribution >= 4 is 24.3 Å². The standard InChI is InChI=1S/C21H30N2O5.ClH/c1-4-23(11-15-7-8-17(27-2)18(10-15)28-3)19(24)13-22-12-16-6-5-9-21(16,14-22)20(25)26;/h7-8,10,16H,4-6,9,11-14H2,1-3H3,(H,25,26);1H/t16-,21+;/m0./s1. The molecule has 1 saturated heterocycles. The number of amides is 1. The number of likely N-dealkylation sites (tertiary alicyclic amines) is 1. The summed E-state index contributed by atoms with van der Waals surface area (Å²) in [5.41, 5.74) is 0.314. The molecule has 2 fully saturated rings. The first-order chi connectivity index (χ1) is 13.4. The number of carbonyl (C=O) groups excluding carboxylic acids is 1. The zero-order valence-corrected chi connectivity index (χ0v) is 18.2. The van der Waals surface area contributed by atoms with Gasteiger partial charge >= 0.3 is 5.97 Å². The van der Waals surface area contributed by atoms with Crippen LogP contribution in [0.4, 0.5) is 0 Å². The average molecular weight is 427 g/mol. The minimum Gasteiger partial charge on any atom is -0.493 e. The fourth-order valence-electron chi connectivity index (χ4n) is 4.73. The maximum absolute atomic E-state index is 12.9. The van der Waals surface area contributed by atoms with Gasteiger partial charge in [-0.3, -0.25) is 14.5 Å². The summed E-state index contributed by atoms with van der Waals surface area (Å²) in [4.78, 5) is 28.5. The lowest BCUT2D eigenvalue weighted by Crippen LogP contribution is -2.41. The van der Waals surface area contributed by atoms with Crippen LogP contribution in [0.1, 0.15) is 31.7 Å². The largest absolute Gasteiger partial charge is 0.493 e. The molecule has 1 aliphatic heterocycles. The number of carboxylic acid groups (broad SMARTS) is 1. The molecule has 8 heteroatoms. The van der Waals surface area contributed by atoms with Crippen molar-refractivity contribution in [1.29, 1.82) is 0 Å². The van der Waals surface area contributed by atoms with Crippen molar-refractivity contribution in [3.63, 3.8) is 0 Å². The summed E-state index contributed by atoms with van der Waals surface area (Å²) in [5.74, 6) is 0.779. The van der Waals surface area contributed by atoms with Crippen LogP contribution in [0.15, 0.2) is 18.2 Å². The molecule has 0 spiro atoms. The van der Waals surface area contributed by atoms with E-state index in [-0.39, 0.29) is 30.8 Å². The molecule has 1 heterocycles. The molecule has 1 aliphatic carbocycles. The van der Waals surface area contributed by atoms with Crippen LogP contribution in [0.5, 0.6) is 11.5 Å². The van der Waals surface area contributed by atoms with Gasteiger partial charge in [-0.05, 0) is 43.4 Å². The Morgan fingerprint density at radius 1 is 1.28 bits per heavy atom.